The van der Waals surface area contributed by atoms with Gasteiger partial charge in [-0.15, -0.1) is 0 Å². The molecule has 0 aliphatic carbocycles. The first kappa shape index (κ1) is 19.1. The van der Waals surface area contributed by atoms with Gasteiger partial charge in [0.05, 0.1) is 17.3 Å². The molecule has 1 atom stereocenters. The highest BCUT2D eigenvalue weighted by atomic mass is 16.4. The molecule has 1 aromatic heterocycles. The summed E-state index contributed by atoms with van der Waals surface area (Å²) in [4.78, 5) is 23.0. The van der Waals surface area contributed by atoms with Gasteiger partial charge in [0, 0.05) is 12.7 Å². The number of hydrogen-bond donors (Lipinski definition) is 1. The van der Waals surface area contributed by atoms with Crippen molar-refractivity contribution in [1.82, 2.24) is 9.97 Å². The van der Waals surface area contributed by atoms with Crippen LogP contribution in [0.2, 0.25) is 0 Å². The predicted molar refractivity (Wildman–Crippen MR) is 113 cm³/mol. The van der Waals surface area contributed by atoms with Crippen molar-refractivity contribution in [2.24, 2.45) is 0 Å². The van der Waals surface area contributed by atoms with Gasteiger partial charge in [-0.3, -0.25) is 0 Å². The molecule has 1 aliphatic heterocycles. The average molecular weight is 387 g/mol. The summed E-state index contributed by atoms with van der Waals surface area (Å²) in [6, 6.07) is 20.9. The second-order valence-corrected chi connectivity index (χ2v) is 7.44. The third kappa shape index (κ3) is 4.45. The Labute approximate surface area is 171 Å². The lowest BCUT2D eigenvalue weighted by molar-refractivity contribution is 0.0694. The Morgan fingerprint density at radius 3 is 2.48 bits per heavy atom. The molecule has 0 radical (unpaired) electrons. The van der Waals surface area contributed by atoms with Crippen LogP contribution in [0.3, 0.4) is 0 Å². The maximum atomic E-state index is 11.7. The molecule has 1 saturated heterocycles. The summed E-state index contributed by atoms with van der Waals surface area (Å²) >= 11 is 0. The molecule has 4 rings (SSSR count). The molecular weight excluding hydrogens is 362 g/mol. The fraction of sp³-hybridized carbons (Fsp3) is 0.292. The summed E-state index contributed by atoms with van der Waals surface area (Å²) in [5, 5.41) is 9.57. The molecule has 1 aliphatic rings. The number of nitrogens with zero attached hydrogens (tertiary/aromatic N) is 3. The summed E-state index contributed by atoms with van der Waals surface area (Å²) < 4.78 is 0. The number of hydrogen-bond acceptors (Lipinski definition) is 4. The van der Waals surface area contributed by atoms with Crippen LogP contribution in [0.5, 0.6) is 0 Å². The molecule has 0 amide bonds. The van der Waals surface area contributed by atoms with Gasteiger partial charge in [-0.1, -0.05) is 60.7 Å². The van der Waals surface area contributed by atoms with E-state index in [1.807, 2.05) is 24.3 Å². The number of carboxylic acid groups (broad SMARTS) is 1. The van der Waals surface area contributed by atoms with E-state index in [0.29, 0.717) is 18.1 Å². The Morgan fingerprint density at radius 2 is 1.76 bits per heavy atom. The molecular formula is C24H25N3O2. The predicted octanol–water partition coefficient (Wildman–Crippen LogP) is 4.69. The molecule has 1 fully saturated rings. The summed E-state index contributed by atoms with van der Waals surface area (Å²) in [7, 11) is 0. The summed E-state index contributed by atoms with van der Waals surface area (Å²) in [5.74, 6) is -0.330. The van der Waals surface area contributed by atoms with Crippen LogP contribution in [0.25, 0.3) is 0 Å². The highest BCUT2D eigenvalue weighted by Crippen LogP contribution is 2.34. The van der Waals surface area contributed by atoms with Crippen molar-refractivity contribution in [2.75, 3.05) is 11.4 Å². The van der Waals surface area contributed by atoms with E-state index in [1.54, 1.807) is 0 Å². The largest absolute Gasteiger partial charge is 0.478 e. The lowest BCUT2D eigenvalue weighted by Crippen LogP contribution is -2.25. The first-order chi connectivity index (χ1) is 14.2. The van der Waals surface area contributed by atoms with Crippen molar-refractivity contribution in [3.8, 4) is 0 Å². The molecule has 5 heteroatoms. The quantitative estimate of drug-likeness (QED) is 0.637. The molecule has 0 bridgehead atoms. The van der Waals surface area contributed by atoms with E-state index in [9.17, 15) is 9.90 Å². The van der Waals surface area contributed by atoms with Gasteiger partial charge in [0.15, 0.2) is 0 Å². The zero-order chi connectivity index (χ0) is 20.1. The normalized spacial score (nSPS) is 16.1. The fourth-order valence-electron chi connectivity index (χ4n) is 4.05. The standard InChI is InChI=1S/C24H25N3O2/c28-23(29)20-17-25-24(26-21(20)14-7-11-18-9-3-1-4-10-18)27-16-8-15-22(27)19-12-5-2-6-13-19/h1-6,9-10,12-13,17,22H,7-8,11,14-16H2,(H,28,29)/t22-/m1/s1. The van der Waals surface area contributed by atoms with Crippen molar-refractivity contribution >= 4 is 11.9 Å². The summed E-state index contributed by atoms with van der Waals surface area (Å²) in [6.07, 6.45) is 5.97. The minimum Gasteiger partial charge on any atom is -0.478 e. The average Bonchev–Trinajstić information content (AvgIpc) is 3.25. The van der Waals surface area contributed by atoms with Crippen LogP contribution in [-0.4, -0.2) is 27.6 Å². The molecule has 2 heterocycles. The Bertz CT molecular complexity index is 960. The van der Waals surface area contributed by atoms with Gasteiger partial charge in [-0.2, -0.15) is 0 Å². The van der Waals surface area contributed by atoms with Gasteiger partial charge >= 0.3 is 5.97 Å². The van der Waals surface area contributed by atoms with Gasteiger partial charge in [0.2, 0.25) is 5.95 Å². The number of anilines is 1. The van der Waals surface area contributed by atoms with Crippen LogP contribution >= 0.6 is 0 Å². The number of rotatable bonds is 7. The van der Waals surface area contributed by atoms with E-state index in [4.69, 9.17) is 4.98 Å². The molecule has 29 heavy (non-hydrogen) atoms. The Balaban J connectivity index is 1.55. The number of benzene rings is 2. The number of aromatic carboxylic acids is 1. The SMILES string of the molecule is O=C(O)c1cnc(N2CCC[C@@H]2c2ccccc2)nc1CCCc1ccccc1. The molecule has 0 spiro atoms. The van der Waals surface area contributed by atoms with Crippen molar-refractivity contribution < 1.29 is 9.90 Å². The van der Waals surface area contributed by atoms with Crippen LogP contribution in [0.15, 0.2) is 66.9 Å². The zero-order valence-electron chi connectivity index (χ0n) is 16.4. The third-order valence-electron chi connectivity index (χ3n) is 5.50. The molecule has 3 aromatic rings. The number of aryl methyl sites for hydroxylation is 2. The highest BCUT2D eigenvalue weighted by Gasteiger charge is 2.28. The van der Waals surface area contributed by atoms with E-state index < -0.39 is 5.97 Å². The maximum absolute atomic E-state index is 11.7. The maximum Gasteiger partial charge on any atom is 0.339 e. The van der Waals surface area contributed by atoms with E-state index in [1.165, 1.54) is 17.3 Å². The van der Waals surface area contributed by atoms with E-state index in [0.717, 1.165) is 32.2 Å². The Kier molecular flexibility index (Phi) is 5.84. The van der Waals surface area contributed by atoms with Crippen molar-refractivity contribution in [3.05, 3.63) is 89.2 Å². The lowest BCUT2D eigenvalue weighted by atomic mass is 10.0. The van der Waals surface area contributed by atoms with Gasteiger partial charge in [0.25, 0.3) is 0 Å². The number of carboxylic acids is 1. The van der Waals surface area contributed by atoms with Crippen LogP contribution in [-0.2, 0) is 12.8 Å². The molecule has 0 unspecified atom stereocenters. The Morgan fingerprint density at radius 1 is 1.03 bits per heavy atom. The van der Waals surface area contributed by atoms with Crippen molar-refractivity contribution in [1.29, 1.82) is 0 Å². The molecule has 148 valence electrons. The van der Waals surface area contributed by atoms with Crippen LogP contribution < -0.4 is 4.90 Å². The summed E-state index contributed by atoms with van der Waals surface area (Å²) in [6.45, 7) is 0.884. The number of aromatic nitrogens is 2. The molecule has 5 nitrogen and oxygen atoms in total. The second-order valence-electron chi connectivity index (χ2n) is 7.44. The third-order valence-corrected chi connectivity index (χ3v) is 5.50. The summed E-state index contributed by atoms with van der Waals surface area (Å²) in [5.41, 5.74) is 3.33. The highest BCUT2D eigenvalue weighted by molar-refractivity contribution is 5.88. The zero-order valence-corrected chi connectivity index (χ0v) is 16.4. The molecule has 2 aromatic carbocycles. The second kappa shape index (κ2) is 8.86. The first-order valence-corrected chi connectivity index (χ1v) is 10.2. The smallest absolute Gasteiger partial charge is 0.339 e. The van der Waals surface area contributed by atoms with Gasteiger partial charge in [-0.25, -0.2) is 14.8 Å². The van der Waals surface area contributed by atoms with E-state index in [-0.39, 0.29) is 11.6 Å². The monoisotopic (exact) mass is 387 g/mol. The van der Waals surface area contributed by atoms with Gasteiger partial charge in [0.1, 0.15) is 0 Å². The first-order valence-electron chi connectivity index (χ1n) is 10.2. The van der Waals surface area contributed by atoms with Crippen molar-refractivity contribution in [2.45, 2.75) is 38.1 Å². The minimum atomic E-state index is -0.965. The molecule has 0 saturated carbocycles. The van der Waals surface area contributed by atoms with E-state index in [2.05, 4.69) is 46.3 Å². The van der Waals surface area contributed by atoms with Crippen LogP contribution in [0.1, 0.15) is 52.5 Å². The number of carbonyl (C=O) groups is 1. The Hall–Kier alpha value is -3.21. The van der Waals surface area contributed by atoms with E-state index >= 15 is 0 Å². The molecule has 1 N–H and O–H groups in total. The van der Waals surface area contributed by atoms with Crippen LogP contribution in [0.4, 0.5) is 5.95 Å². The van der Waals surface area contributed by atoms with Crippen LogP contribution in [0, 0.1) is 0 Å². The van der Waals surface area contributed by atoms with Gasteiger partial charge < -0.3 is 10.0 Å². The topological polar surface area (TPSA) is 66.3 Å². The lowest BCUT2D eigenvalue weighted by Gasteiger charge is -2.25. The van der Waals surface area contributed by atoms with Gasteiger partial charge in [-0.05, 0) is 43.2 Å². The fourth-order valence-corrected chi connectivity index (χ4v) is 4.05. The minimum absolute atomic E-state index is 0.206. The van der Waals surface area contributed by atoms with Crippen molar-refractivity contribution in [3.63, 3.8) is 0 Å².